The lowest BCUT2D eigenvalue weighted by atomic mass is 10.1. The van der Waals surface area contributed by atoms with Crippen LogP contribution in [-0.4, -0.2) is 40.9 Å². The average molecular weight is 432 g/mol. The van der Waals surface area contributed by atoms with Gasteiger partial charge in [0.05, 0.1) is 19.9 Å². The minimum absolute atomic E-state index is 0.0220. The van der Waals surface area contributed by atoms with E-state index in [-0.39, 0.29) is 10.5 Å². The predicted octanol–water partition coefficient (Wildman–Crippen LogP) is 3.54. The summed E-state index contributed by atoms with van der Waals surface area (Å²) in [5.41, 5.74) is 1.23. The molecule has 160 valence electrons. The van der Waals surface area contributed by atoms with Gasteiger partial charge < -0.3 is 19.7 Å². The molecule has 0 atom stereocenters. The highest BCUT2D eigenvalue weighted by molar-refractivity contribution is 7.90. The van der Waals surface area contributed by atoms with Crippen molar-refractivity contribution in [3.05, 3.63) is 42.0 Å². The molecule has 30 heavy (non-hydrogen) atoms. The molecule has 1 N–H and O–H groups in total. The fourth-order valence-corrected chi connectivity index (χ4v) is 4.51. The van der Waals surface area contributed by atoms with E-state index in [1.54, 1.807) is 37.3 Å². The van der Waals surface area contributed by atoms with E-state index < -0.39 is 15.9 Å². The van der Waals surface area contributed by atoms with Crippen LogP contribution in [0.3, 0.4) is 0 Å². The Morgan fingerprint density at radius 3 is 2.43 bits per heavy atom. The maximum atomic E-state index is 12.8. The van der Waals surface area contributed by atoms with Gasteiger partial charge in [0.25, 0.3) is 15.9 Å². The van der Waals surface area contributed by atoms with Crippen molar-refractivity contribution in [2.75, 3.05) is 31.0 Å². The SMILES string of the molecule is COc1ccc(NC(=O)c2ccc3c(c2)S(=O)(=O)N=C(C)N3CC(C)C)cc1OC. The molecule has 0 saturated carbocycles. The van der Waals surface area contributed by atoms with Gasteiger partial charge in [0.15, 0.2) is 11.5 Å². The minimum atomic E-state index is -3.88. The fourth-order valence-electron chi connectivity index (χ4n) is 3.24. The number of hydrogen-bond acceptors (Lipinski definition) is 6. The molecule has 1 aliphatic heterocycles. The van der Waals surface area contributed by atoms with Crippen LogP contribution in [0.1, 0.15) is 31.1 Å². The van der Waals surface area contributed by atoms with Crippen LogP contribution in [0.2, 0.25) is 0 Å². The second-order valence-electron chi connectivity index (χ2n) is 7.32. The Morgan fingerprint density at radius 2 is 1.80 bits per heavy atom. The second kappa shape index (κ2) is 8.35. The molecule has 0 radical (unpaired) electrons. The van der Waals surface area contributed by atoms with E-state index >= 15 is 0 Å². The van der Waals surface area contributed by atoms with E-state index in [9.17, 15) is 13.2 Å². The molecule has 0 fully saturated rings. The predicted molar refractivity (Wildman–Crippen MR) is 116 cm³/mol. The summed E-state index contributed by atoms with van der Waals surface area (Å²) < 4.78 is 39.6. The van der Waals surface area contributed by atoms with Crippen LogP contribution in [0.25, 0.3) is 0 Å². The molecule has 8 nitrogen and oxygen atoms in total. The number of amides is 1. The van der Waals surface area contributed by atoms with Crippen LogP contribution in [0, 0.1) is 5.92 Å². The monoisotopic (exact) mass is 431 g/mol. The van der Waals surface area contributed by atoms with Gasteiger partial charge in [-0.2, -0.15) is 8.42 Å². The van der Waals surface area contributed by atoms with Crippen molar-refractivity contribution in [1.82, 2.24) is 0 Å². The molecule has 0 aromatic heterocycles. The normalized spacial score (nSPS) is 14.7. The Kier molecular flexibility index (Phi) is 6.02. The maximum absolute atomic E-state index is 12.8. The van der Waals surface area contributed by atoms with Crippen molar-refractivity contribution in [2.45, 2.75) is 25.7 Å². The van der Waals surface area contributed by atoms with Crippen molar-refractivity contribution in [1.29, 1.82) is 0 Å². The number of methoxy groups -OCH3 is 2. The fraction of sp³-hybridized carbons (Fsp3) is 0.333. The van der Waals surface area contributed by atoms with Crippen molar-refractivity contribution < 1.29 is 22.7 Å². The number of sulfonamides is 1. The highest BCUT2D eigenvalue weighted by Gasteiger charge is 2.30. The Balaban J connectivity index is 1.93. The molecule has 1 aliphatic rings. The molecule has 3 rings (SSSR count). The van der Waals surface area contributed by atoms with Crippen molar-refractivity contribution in [3.63, 3.8) is 0 Å². The molecule has 0 aliphatic carbocycles. The average Bonchev–Trinajstić information content (AvgIpc) is 2.70. The van der Waals surface area contributed by atoms with Crippen molar-refractivity contribution in [3.8, 4) is 11.5 Å². The standard InChI is InChI=1S/C21H25N3O5S/c1-13(2)12-24-14(3)23-30(26,27)20-10-15(6-8-17(20)24)21(25)22-16-7-9-18(28-4)19(11-16)29-5/h6-11,13H,12H2,1-5H3,(H,22,25). The summed E-state index contributed by atoms with van der Waals surface area (Å²) in [4.78, 5) is 14.6. The number of nitrogens with one attached hydrogen (secondary N) is 1. The number of anilines is 2. The van der Waals surface area contributed by atoms with Gasteiger partial charge in [-0.3, -0.25) is 4.79 Å². The van der Waals surface area contributed by atoms with Gasteiger partial charge in [0.2, 0.25) is 0 Å². The molecule has 2 aromatic carbocycles. The molecule has 0 saturated heterocycles. The summed E-state index contributed by atoms with van der Waals surface area (Å²) in [6.07, 6.45) is 0. The largest absolute Gasteiger partial charge is 0.493 e. The molecular formula is C21H25N3O5S. The summed E-state index contributed by atoms with van der Waals surface area (Å²) in [5, 5.41) is 2.75. The van der Waals surface area contributed by atoms with E-state index in [1.165, 1.54) is 20.3 Å². The number of benzene rings is 2. The van der Waals surface area contributed by atoms with Gasteiger partial charge in [0, 0.05) is 23.9 Å². The highest BCUT2D eigenvalue weighted by Crippen LogP contribution is 2.34. The first-order valence-corrected chi connectivity index (χ1v) is 10.9. The molecule has 0 bridgehead atoms. The summed E-state index contributed by atoms with van der Waals surface area (Å²) in [6, 6.07) is 9.60. The van der Waals surface area contributed by atoms with E-state index in [1.807, 2.05) is 18.7 Å². The van der Waals surface area contributed by atoms with Crippen LogP contribution in [0.4, 0.5) is 11.4 Å². The summed E-state index contributed by atoms with van der Waals surface area (Å²) in [6.45, 7) is 6.37. The van der Waals surface area contributed by atoms with Crippen LogP contribution in [0.15, 0.2) is 45.7 Å². The van der Waals surface area contributed by atoms with Gasteiger partial charge >= 0.3 is 0 Å². The summed E-state index contributed by atoms with van der Waals surface area (Å²) >= 11 is 0. The molecule has 1 amide bonds. The van der Waals surface area contributed by atoms with Crippen molar-refractivity contribution in [2.24, 2.45) is 10.3 Å². The lowest BCUT2D eigenvalue weighted by molar-refractivity contribution is 0.102. The van der Waals surface area contributed by atoms with Gasteiger partial charge in [-0.1, -0.05) is 13.8 Å². The van der Waals surface area contributed by atoms with Gasteiger partial charge in [-0.05, 0) is 43.2 Å². The number of fused-ring (bicyclic) bond motifs is 1. The van der Waals surface area contributed by atoms with Gasteiger partial charge in [-0.15, -0.1) is 4.40 Å². The highest BCUT2D eigenvalue weighted by atomic mass is 32.2. The smallest absolute Gasteiger partial charge is 0.286 e. The third-order valence-corrected chi connectivity index (χ3v) is 6.01. The summed E-state index contributed by atoms with van der Waals surface area (Å²) in [7, 11) is -0.851. The molecule has 1 heterocycles. The van der Waals surface area contributed by atoms with E-state index in [4.69, 9.17) is 9.47 Å². The lowest BCUT2D eigenvalue weighted by Gasteiger charge is -2.30. The number of nitrogens with zero attached hydrogens (tertiary/aromatic N) is 2. The van der Waals surface area contributed by atoms with Crippen LogP contribution < -0.4 is 19.7 Å². The van der Waals surface area contributed by atoms with Crippen LogP contribution in [0.5, 0.6) is 11.5 Å². The second-order valence-corrected chi connectivity index (χ2v) is 8.90. The van der Waals surface area contributed by atoms with E-state index in [2.05, 4.69) is 9.71 Å². The first kappa shape index (κ1) is 21.6. The number of hydrogen-bond donors (Lipinski definition) is 1. The Labute approximate surface area is 176 Å². The Morgan fingerprint density at radius 1 is 1.10 bits per heavy atom. The number of carbonyl (C=O) groups excluding carboxylic acids is 1. The molecule has 9 heteroatoms. The van der Waals surface area contributed by atoms with Crippen LogP contribution in [-0.2, 0) is 10.0 Å². The number of rotatable bonds is 6. The van der Waals surface area contributed by atoms with E-state index in [0.29, 0.717) is 41.2 Å². The van der Waals surface area contributed by atoms with Crippen molar-refractivity contribution >= 4 is 33.1 Å². The van der Waals surface area contributed by atoms with Gasteiger partial charge in [0.1, 0.15) is 10.7 Å². The number of carbonyl (C=O) groups is 1. The zero-order valence-corrected chi connectivity index (χ0v) is 18.4. The number of amidine groups is 1. The lowest BCUT2D eigenvalue weighted by Crippen LogP contribution is -2.36. The third kappa shape index (κ3) is 4.25. The topological polar surface area (TPSA) is 97.3 Å². The molecular weight excluding hydrogens is 406 g/mol. The minimum Gasteiger partial charge on any atom is -0.493 e. The summed E-state index contributed by atoms with van der Waals surface area (Å²) in [5.74, 6) is 1.28. The zero-order valence-electron chi connectivity index (χ0n) is 17.6. The molecule has 0 unspecified atom stereocenters. The first-order chi connectivity index (χ1) is 14.2. The number of ether oxygens (including phenoxy) is 2. The van der Waals surface area contributed by atoms with E-state index in [0.717, 1.165) is 0 Å². The Hall–Kier alpha value is -3.07. The van der Waals surface area contributed by atoms with Crippen LogP contribution >= 0.6 is 0 Å². The molecule has 2 aromatic rings. The maximum Gasteiger partial charge on any atom is 0.286 e. The first-order valence-electron chi connectivity index (χ1n) is 9.42. The van der Waals surface area contributed by atoms with Gasteiger partial charge in [-0.25, -0.2) is 0 Å². The Bertz CT molecular complexity index is 1110. The quantitative estimate of drug-likeness (QED) is 0.751. The molecule has 0 spiro atoms. The third-order valence-electron chi connectivity index (χ3n) is 4.62. The zero-order chi connectivity index (χ0) is 22.1.